The third-order valence-electron chi connectivity index (χ3n) is 5.91. The second-order valence-corrected chi connectivity index (χ2v) is 8.93. The summed E-state index contributed by atoms with van der Waals surface area (Å²) < 4.78 is 27.9. The van der Waals surface area contributed by atoms with E-state index in [4.69, 9.17) is 17.3 Å². The first kappa shape index (κ1) is 26.0. The number of aldehydes is 1. The summed E-state index contributed by atoms with van der Waals surface area (Å²) in [4.78, 5) is 22.8. The fourth-order valence-corrected chi connectivity index (χ4v) is 4.31. The van der Waals surface area contributed by atoms with Gasteiger partial charge < -0.3 is 31.0 Å². The number of likely N-dealkylation sites (N-methyl/N-ethyl adjacent to an activating group) is 1. The summed E-state index contributed by atoms with van der Waals surface area (Å²) in [5.41, 5.74) is 5.85. The van der Waals surface area contributed by atoms with Crippen LogP contribution in [0.15, 0.2) is 24.5 Å². The predicted octanol–water partition coefficient (Wildman–Crippen LogP) is 1.68. The van der Waals surface area contributed by atoms with Gasteiger partial charge in [-0.25, -0.2) is 14.4 Å². The highest BCUT2D eigenvalue weighted by Crippen LogP contribution is 2.25. The fraction of sp³-hybridized carbons (Fsp3) is 0.500. The van der Waals surface area contributed by atoms with Gasteiger partial charge in [-0.3, -0.25) is 4.90 Å². The monoisotopic (exact) mass is 498 g/mol. The molecule has 12 heteroatoms. The number of benzene rings is 1. The maximum absolute atomic E-state index is 14.3. The first-order valence-electron chi connectivity index (χ1n) is 10.9. The zero-order valence-electron chi connectivity index (χ0n) is 18.7. The number of hydrogen-bond donors (Lipinski definition) is 4. The van der Waals surface area contributed by atoms with Crippen LogP contribution in [0.1, 0.15) is 19.3 Å². The van der Waals surface area contributed by atoms with Crippen LogP contribution in [0.3, 0.4) is 0 Å². The number of aliphatic hydroxyl groups excluding tert-OH is 2. The number of nitrogens with zero attached hydrogens (tertiary/aromatic N) is 4. The van der Waals surface area contributed by atoms with Gasteiger partial charge in [-0.1, -0.05) is 11.6 Å². The van der Waals surface area contributed by atoms with Crippen molar-refractivity contribution in [2.75, 3.05) is 42.6 Å². The van der Waals surface area contributed by atoms with E-state index in [-0.39, 0.29) is 35.7 Å². The maximum Gasteiger partial charge on any atom is 0.207 e. The van der Waals surface area contributed by atoms with Crippen molar-refractivity contribution in [3.05, 3.63) is 41.2 Å². The Hall–Kier alpha value is -2.60. The SMILES string of the molecule is CN(CC(O)C(O)C[C@H](C=O)Nc1cc(F)cc(Cl)c1)C1CCCN(c2ncnc(N)c2F)C1. The lowest BCUT2D eigenvalue weighted by atomic mass is 10.0. The van der Waals surface area contributed by atoms with Crippen LogP contribution in [0.5, 0.6) is 0 Å². The standard InChI is InChI=1S/C22H29ClF2N6O3/c1-30(17-3-2-4-31(9-17)22-20(25)21(26)27-12-28-22)10-19(34)18(33)8-16(11-32)29-15-6-13(23)5-14(24)7-15/h5-7,11-12,16-19,29,33-34H,2-4,8-10H2,1H3,(H2,26,27,28)/t16-,17?,18?,19?/m1/s1. The van der Waals surface area contributed by atoms with Crippen molar-refractivity contribution in [2.45, 2.75) is 43.6 Å². The zero-order valence-corrected chi connectivity index (χ0v) is 19.5. The Morgan fingerprint density at radius 1 is 1.32 bits per heavy atom. The number of nitrogens with two attached hydrogens (primary N) is 1. The van der Waals surface area contributed by atoms with Crippen molar-refractivity contribution in [3.8, 4) is 0 Å². The van der Waals surface area contributed by atoms with Gasteiger partial charge in [0.1, 0.15) is 18.4 Å². The molecule has 2 heterocycles. The van der Waals surface area contributed by atoms with E-state index in [1.807, 2.05) is 4.90 Å². The van der Waals surface area contributed by atoms with Crippen molar-refractivity contribution in [2.24, 2.45) is 0 Å². The molecule has 3 unspecified atom stereocenters. The molecule has 4 atom stereocenters. The van der Waals surface area contributed by atoms with Crippen molar-refractivity contribution < 1.29 is 23.8 Å². The molecule has 3 rings (SSSR count). The number of aliphatic hydroxyl groups is 2. The Morgan fingerprint density at radius 3 is 2.79 bits per heavy atom. The highest BCUT2D eigenvalue weighted by Gasteiger charge is 2.29. The first-order valence-corrected chi connectivity index (χ1v) is 11.3. The van der Waals surface area contributed by atoms with E-state index >= 15 is 0 Å². The van der Waals surface area contributed by atoms with Crippen molar-refractivity contribution in [1.29, 1.82) is 0 Å². The topological polar surface area (TPSA) is 128 Å². The summed E-state index contributed by atoms with van der Waals surface area (Å²) in [7, 11) is 1.80. The molecule has 1 saturated heterocycles. The average Bonchev–Trinajstić information content (AvgIpc) is 2.79. The second-order valence-electron chi connectivity index (χ2n) is 8.49. The molecule has 1 aromatic heterocycles. The van der Waals surface area contributed by atoms with E-state index in [1.165, 1.54) is 18.5 Å². The van der Waals surface area contributed by atoms with Gasteiger partial charge in [-0.05, 0) is 38.1 Å². The van der Waals surface area contributed by atoms with Gasteiger partial charge in [0.05, 0.1) is 18.2 Å². The van der Waals surface area contributed by atoms with Crippen LogP contribution in [0.4, 0.5) is 26.1 Å². The van der Waals surface area contributed by atoms with Crippen molar-refractivity contribution >= 4 is 35.2 Å². The Morgan fingerprint density at radius 2 is 2.09 bits per heavy atom. The molecule has 2 aromatic rings. The number of nitrogens with one attached hydrogen (secondary N) is 1. The summed E-state index contributed by atoms with van der Waals surface area (Å²) in [6, 6.07) is 2.89. The number of piperidine rings is 1. The molecule has 0 spiro atoms. The van der Waals surface area contributed by atoms with Gasteiger partial charge in [0, 0.05) is 42.8 Å². The second kappa shape index (κ2) is 11.7. The van der Waals surface area contributed by atoms with Gasteiger partial charge in [-0.2, -0.15) is 4.39 Å². The third-order valence-corrected chi connectivity index (χ3v) is 6.13. The van der Waals surface area contributed by atoms with E-state index in [9.17, 15) is 23.8 Å². The molecule has 9 nitrogen and oxygen atoms in total. The molecule has 186 valence electrons. The molecule has 1 fully saturated rings. The van der Waals surface area contributed by atoms with Crippen LogP contribution in [0.25, 0.3) is 0 Å². The number of nitrogen functional groups attached to an aromatic ring is 1. The van der Waals surface area contributed by atoms with E-state index < -0.39 is 29.9 Å². The molecule has 0 saturated carbocycles. The molecule has 1 aliphatic heterocycles. The van der Waals surface area contributed by atoms with Gasteiger partial charge in [0.15, 0.2) is 11.6 Å². The Bertz CT molecular complexity index is 967. The quantitative estimate of drug-likeness (QED) is 0.362. The van der Waals surface area contributed by atoms with E-state index in [0.29, 0.717) is 25.1 Å². The first-order chi connectivity index (χ1) is 16.2. The van der Waals surface area contributed by atoms with E-state index in [0.717, 1.165) is 18.9 Å². The number of carbonyl (C=O) groups is 1. The minimum Gasteiger partial charge on any atom is -0.390 e. The third kappa shape index (κ3) is 6.72. The van der Waals surface area contributed by atoms with Gasteiger partial charge in [0.2, 0.25) is 5.82 Å². The normalized spacial score (nSPS) is 19.0. The molecular formula is C22H29ClF2N6O3. The predicted molar refractivity (Wildman–Crippen MR) is 126 cm³/mol. The minimum atomic E-state index is -1.21. The molecule has 34 heavy (non-hydrogen) atoms. The number of carbonyl (C=O) groups excluding carboxylic acids is 1. The molecular weight excluding hydrogens is 470 g/mol. The van der Waals surface area contributed by atoms with Gasteiger partial charge in [-0.15, -0.1) is 0 Å². The van der Waals surface area contributed by atoms with Crippen molar-refractivity contribution in [1.82, 2.24) is 14.9 Å². The van der Waals surface area contributed by atoms with Gasteiger partial charge in [0.25, 0.3) is 0 Å². The van der Waals surface area contributed by atoms with Crippen LogP contribution in [-0.2, 0) is 4.79 Å². The Balaban J connectivity index is 1.55. The Kier molecular flexibility index (Phi) is 8.95. The minimum absolute atomic E-state index is 0.0272. The zero-order chi connectivity index (χ0) is 24.8. The molecule has 1 aromatic carbocycles. The van der Waals surface area contributed by atoms with Crippen LogP contribution in [0, 0.1) is 11.6 Å². The van der Waals surface area contributed by atoms with E-state index in [1.54, 1.807) is 11.9 Å². The molecule has 1 aliphatic rings. The molecule has 0 aliphatic carbocycles. The van der Waals surface area contributed by atoms with Crippen LogP contribution in [-0.4, -0.2) is 82.3 Å². The Labute approximate surface area is 201 Å². The summed E-state index contributed by atoms with van der Waals surface area (Å²) >= 11 is 5.83. The largest absolute Gasteiger partial charge is 0.390 e. The summed E-state index contributed by atoms with van der Waals surface area (Å²) in [5, 5.41) is 24.0. The summed E-state index contributed by atoms with van der Waals surface area (Å²) in [6.45, 7) is 1.21. The summed E-state index contributed by atoms with van der Waals surface area (Å²) in [5.74, 6) is -1.29. The average molecular weight is 499 g/mol. The number of anilines is 3. The lowest BCUT2D eigenvalue weighted by Gasteiger charge is -2.39. The van der Waals surface area contributed by atoms with Crippen LogP contribution >= 0.6 is 11.6 Å². The highest BCUT2D eigenvalue weighted by molar-refractivity contribution is 6.30. The number of aromatic nitrogens is 2. The molecule has 0 amide bonds. The van der Waals surface area contributed by atoms with Crippen LogP contribution in [0.2, 0.25) is 5.02 Å². The molecule has 0 bridgehead atoms. The highest BCUT2D eigenvalue weighted by atomic mass is 35.5. The van der Waals surface area contributed by atoms with Crippen molar-refractivity contribution in [3.63, 3.8) is 0 Å². The lowest BCUT2D eigenvalue weighted by Crippen LogP contribution is -2.50. The number of rotatable bonds is 10. The number of hydrogen-bond acceptors (Lipinski definition) is 9. The van der Waals surface area contributed by atoms with E-state index in [2.05, 4.69) is 15.3 Å². The van der Waals surface area contributed by atoms with Crippen LogP contribution < -0.4 is 16.0 Å². The molecule has 5 N–H and O–H groups in total. The van der Waals surface area contributed by atoms with Gasteiger partial charge >= 0.3 is 0 Å². The molecule has 0 radical (unpaired) electrons. The lowest BCUT2D eigenvalue weighted by molar-refractivity contribution is -0.109. The fourth-order valence-electron chi connectivity index (χ4n) is 4.08. The maximum atomic E-state index is 14.3. The summed E-state index contributed by atoms with van der Waals surface area (Å²) in [6.07, 6.45) is 0.950. The number of halogens is 3. The smallest absolute Gasteiger partial charge is 0.207 e.